The molecule has 0 radical (unpaired) electrons. The minimum atomic E-state index is -0.733. The highest BCUT2D eigenvalue weighted by Gasteiger charge is 2.42. The van der Waals surface area contributed by atoms with E-state index in [0.717, 1.165) is 16.8 Å². The van der Waals surface area contributed by atoms with Crippen LogP contribution in [0.25, 0.3) is 0 Å². The van der Waals surface area contributed by atoms with Crippen LogP contribution in [0, 0.1) is 6.92 Å². The fourth-order valence-corrected chi connectivity index (χ4v) is 3.71. The molecule has 1 atom stereocenters. The van der Waals surface area contributed by atoms with Gasteiger partial charge in [0.2, 0.25) is 5.91 Å². The zero-order valence-electron chi connectivity index (χ0n) is 15.4. The van der Waals surface area contributed by atoms with E-state index in [2.05, 4.69) is 0 Å². The predicted molar refractivity (Wildman–Crippen MR) is 112 cm³/mol. The number of carbonyl (C=O) groups excluding carboxylic acids is 2. The van der Waals surface area contributed by atoms with Crippen molar-refractivity contribution < 1.29 is 9.59 Å². The van der Waals surface area contributed by atoms with Crippen molar-refractivity contribution in [2.75, 3.05) is 16.3 Å². The first-order valence-corrected chi connectivity index (χ1v) is 9.43. The minimum absolute atomic E-state index is 0.00432. The summed E-state index contributed by atoms with van der Waals surface area (Å²) in [4.78, 5) is 29.9. The molecular weight excluding hydrogens is 372 g/mol. The molecule has 28 heavy (non-hydrogen) atoms. The molecule has 0 aromatic heterocycles. The number of para-hydroxylation sites is 1. The van der Waals surface area contributed by atoms with Crippen LogP contribution in [0.4, 0.5) is 11.4 Å². The van der Waals surface area contributed by atoms with Crippen LogP contribution in [-0.4, -0.2) is 18.4 Å². The van der Waals surface area contributed by atoms with E-state index in [1.807, 2.05) is 61.5 Å². The van der Waals surface area contributed by atoms with Gasteiger partial charge in [-0.2, -0.15) is 0 Å². The van der Waals surface area contributed by atoms with Crippen LogP contribution in [0.5, 0.6) is 0 Å². The van der Waals surface area contributed by atoms with E-state index in [4.69, 9.17) is 11.6 Å². The highest BCUT2D eigenvalue weighted by Crippen LogP contribution is 2.35. The van der Waals surface area contributed by atoms with Crippen molar-refractivity contribution in [3.8, 4) is 0 Å². The monoisotopic (exact) mass is 390 g/mol. The average molecular weight is 391 g/mol. The van der Waals surface area contributed by atoms with Crippen molar-refractivity contribution in [2.45, 2.75) is 13.0 Å². The van der Waals surface area contributed by atoms with Gasteiger partial charge in [0, 0.05) is 16.4 Å². The van der Waals surface area contributed by atoms with Crippen LogP contribution in [0.3, 0.4) is 0 Å². The van der Waals surface area contributed by atoms with Gasteiger partial charge in [-0.3, -0.25) is 14.5 Å². The zero-order chi connectivity index (χ0) is 19.7. The molecule has 0 saturated carbocycles. The Kier molecular flexibility index (Phi) is 4.88. The summed E-state index contributed by atoms with van der Waals surface area (Å²) in [5, 5.41) is 0.581. The highest BCUT2D eigenvalue weighted by molar-refractivity contribution is 6.30. The molecular formula is C23H19ClN2O2. The van der Waals surface area contributed by atoms with Crippen LogP contribution in [0.15, 0.2) is 78.9 Å². The van der Waals surface area contributed by atoms with Crippen molar-refractivity contribution >= 4 is 34.8 Å². The van der Waals surface area contributed by atoms with Gasteiger partial charge in [-0.25, -0.2) is 0 Å². The first-order chi connectivity index (χ1) is 13.6. The van der Waals surface area contributed by atoms with Crippen molar-refractivity contribution in [1.29, 1.82) is 0 Å². The molecule has 1 aliphatic rings. The lowest BCUT2D eigenvalue weighted by Gasteiger charge is -2.41. The third-order valence-corrected chi connectivity index (χ3v) is 5.20. The van der Waals surface area contributed by atoms with Crippen molar-refractivity contribution in [3.05, 3.63) is 95.0 Å². The van der Waals surface area contributed by atoms with Gasteiger partial charge in [0.1, 0.15) is 12.6 Å². The normalized spacial score (nSPS) is 17.1. The van der Waals surface area contributed by atoms with E-state index in [9.17, 15) is 9.59 Å². The molecule has 1 saturated heterocycles. The molecule has 1 unspecified atom stereocenters. The van der Waals surface area contributed by atoms with E-state index in [-0.39, 0.29) is 18.4 Å². The summed E-state index contributed by atoms with van der Waals surface area (Å²) in [6, 6.07) is 23.3. The smallest absolute Gasteiger partial charge is 0.255 e. The third kappa shape index (κ3) is 3.27. The predicted octanol–water partition coefficient (Wildman–Crippen LogP) is 4.77. The Labute approximate surface area is 169 Å². The van der Waals surface area contributed by atoms with Crippen molar-refractivity contribution in [1.82, 2.24) is 0 Å². The number of carbonyl (C=O) groups is 2. The first-order valence-electron chi connectivity index (χ1n) is 9.06. The van der Waals surface area contributed by atoms with Crippen molar-refractivity contribution in [3.63, 3.8) is 0 Å². The Morgan fingerprint density at radius 1 is 0.857 bits per heavy atom. The van der Waals surface area contributed by atoms with Gasteiger partial charge in [0.15, 0.2) is 0 Å². The molecule has 1 heterocycles. The summed E-state index contributed by atoms with van der Waals surface area (Å²) in [7, 11) is 0. The number of hydrogen-bond acceptors (Lipinski definition) is 2. The van der Waals surface area contributed by atoms with E-state index in [0.29, 0.717) is 10.7 Å². The van der Waals surface area contributed by atoms with Crippen LogP contribution in [0.1, 0.15) is 17.2 Å². The minimum Gasteiger partial charge on any atom is -0.301 e. The maximum absolute atomic E-state index is 13.6. The molecule has 4 nitrogen and oxygen atoms in total. The topological polar surface area (TPSA) is 40.6 Å². The van der Waals surface area contributed by atoms with E-state index >= 15 is 0 Å². The van der Waals surface area contributed by atoms with Gasteiger partial charge in [0.25, 0.3) is 5.91 Å². The van der Waals surface area contributed by atoms with Crippen molar-refractivity contribution in [2.24, 2.45) is 0 Å². The fraction of sp³-hybridized carbons (Fsp3) is 0.130. The van der Waals surface area contributed by atoms with Gasteiger partial charge in [-0.15, -0.1) is 0 Å². The second-order valence-corrected chi connectivity index (χ2v) is 7.20. The number of amides is 2. The lowest BCUT2D eigenvalue weighted by molar-refractivity contribution is -0.128. The summed E-state index contributed by atoms with van der Waals surface area (Å²) in [5.41, 5.74) is 3.14. The number of benzene rings is 3. The van der Waals surface area contributed by atoms with Gasteiger partial charge in [0.05, 0.1) is 0 Å². The van der Waals surface area contributed by atoms with Gasteiger partial charge in [-0.05, 0) is 48.4 Å². The van der Waals surface area contributed by atoms with Crippen LogP contribution in [-0.2, 0) is 9.59 Å². The van der Waals surface area contributed by atoms with E-state index in [1.165, 1.54) is 0 Å². The van der Waals surface area contributed by atoms with E-state index < -0.39 is 6.04 Å². The Morgan fingerprint density at radius 2 is 1.50 bits per heavy atom. The molecule has 0 bridgehead atoms. The molecule has 1 fully saturated rings. The van der Waals surface area contributed by atoms with Gasteiger partial charge >= 0.3 is 0 Å². The van der Waals surface area contributed by atoms with Crippen LogP contribution < -0.4 is 9.80 Å². The quantitative estimate of drug-likeness (QED) is 0.646. The number of hydrogen-bond donors (Lipinski definition) is 0. The highest BCUT2D eigenvalue weighted by atomic mass is 35.5. The number of piperazine rings is 1. The molecule has 3 aromatic rings. The Morgan fingerprint density at radius 3 is 2.18 bits per heavy atom. The van der Waals surface area contributed by atoms with Gasteiger partial charge in [-0.1, -0.05) is 60.1 Å². The lowest BCUT2D eigenvalue weighted by Crippen LogP contribution is -2.56. The van der Waals surface area contributed by atoms with Gasteiger partial charge < -0.3 is 4.90 Å². The SMILES string of the molecule is Cc1ccccc1N1CC(=O)N(c2ccc(Cl)cc2)C(c2ccccc2)C1=O. The second kappa shape index (κ2) is 7.49. The molecule has 0 N–H and O–H groups in total. The fourth-order valence-electron chi connectivity index (χ4n) is 3.58. The van der Waals surface area contributed by atoms with Crippen LogP contribution >= 0.6 is 11.6 Å². The molecule has 0 aliphatic carbocycles. The van der Waals surface area contributed by atoms with E-state index in [1.54, 1.807) is 34.1 Å². The third-order valence-electron chi connectivity index (χ3n) is 4.95. The number of halogens is 1. The molecule has 4 rings (SSSR count). The molecule has 1 aliphatic heterocycles. The summed E-state index contributed by atoms with van der Waals surface area (Å²) < 4.78 is 0. The summed E-state index contributed by atoms with van der Waals surface area (Å²) in [5.74, 6) is -0.269. The number of nitrogens with zero attached hydrogens (tertiary/aromatic N) is 2. The summed E-state index contributed by atoms with van der Waals surface area (Å²) in [6.45, 7) is 1.94. The first kappa shape index (κ1) is 18.3. The number of anilines is 2. The largest absolute Gasteiger partial charge is 0.301 e. The lowest BCUT2D eigenvalue weighted by atomic mass is 9.99. The molecule has 140 valence electrons. The maximum Gasteiger partial charge on any atom is 0.255 e. The Hall–Kier alpha value is -3.11. The zero-order valence-corrected chi connectivity index (χ0v) is 16.1. The molecule has 5 heteroatoms. The number of aryl methyl sites for hydroxylation is 1. The molecule has 0 spiro atoms. The maximum atomic E-state index is 13.6. The molecule has 3 aromatic carbocycles. The Bertz CT molecular complexity index is 1020. The number of rotatable bonds is 3. The Balaban J connectivity index is 1.82. The standard InChI is InChI=1S/C23H19ClN2O2/c1-16-7-5-6-10-20(16)25-15-21(27)26(19-13-11-18(24)12-14-19)22(23(25)28)17-8-3-2-4-9-17/h2-14,22H,15H2,1H3. The van der Waals surface area contributed by atoms with Crippen LogP contribution in [0.2, 0.25) is 5.02 Å². The molecule has 2 amide bonds. The average Bonchev–Trinajstić information content (AvgIpc) is 2.71. The summed E-state index contributed by atoms with van der Waals surface area (Å²) in [6.07, 6.45) is 0. The second-order valence-electron chi connectivity index (χ2n) is 6.76. The summed E-state index contributed by atoms with van der Waals surface area (Å²) >= 11 is 6.01.